The molecule has 11 heteroatoms. The Morgan fingerprint density at radius 3 is 2.44 bits per heavy atom. The van der Waals surface area contributed by atoms with E-state index in [2.05, 4.69) is 5.32 Å². The number of nitrogens with one attached hydrogen (secondary N) is 1. The molecule has 1 aromatic heterocycles. The maximum Gasteiger partial charge on any atom is 0.371 e. The summed E-state index contributed by atoms with van der Waals surface area (Å²) in [6.45, 7) is -0.0285. The van der Waals surface area contributed by atoms with Crippen LogP contribution in [0.3, 0.4) is 0 Å². The average Bonchev–Trinajstić information content (AvgIpc) is 3.35. The molecule has 10 nitrogen and oxygen atoms in total. The van der Waals surface area contributed by atoms with Gasteiger partial charge in [0.1, 0.15) is 23.7 Å². The second-order valence-electron chi connectivity index (χ2n) is 7.43. The van der Waals surface area contributed by atoms with E-state index in [1.54, 1.807) is 42.5 Å². The number of aromatic carboxylic acids is 1. The largest absolute Gasteiger partial charge is 0.497 e. The Hall–Kier alpha value is -4.64. The summed E-state index contributed by atoms with van der Waals surface area (Å²) in [5, 5.41) is 11.5. The van der Waals surface area contributed by atoms with Gasteiger partial charge in [-0.05, 0) is 72.4 Å². The minimum absolute atomic E-state index is 0.0285. The monoisotopic (exact) mass is 508 g/mol. The zero-order valence-electron chi connectivity index (χ0n) is 19.1. The van der Waals surface area contributed by atoms with E-state index in [1.807, 2.05) is 0 Å². The van der Waals surface area contributed by atoms with Gasteiger partial charge in [-0.1, -0.05) is 6.07 Å². The number of nitrogens with zero attached hydrogens (tertiary/aromatic N) is 1. The fourth-order valence-electron chi connectivity index (χ4n) is 3.40. The Balaban J connectivity index is 1.56. The first kappa shape index (κ1) is 24.5. The lowest BCUT2D eigenvalue weighted by molar-refractivity contribution is -0.122. The normalized spacial score (nSPS) is 14.6. The first-order valence-corrected chi connectivity index (χ1v) is 10.9. The molecule has 2 heterocycles. The van der Waals surface area contributed by atoms with Gasteiger partial charge in [-0.2, -0.15) is 0 Å². The van der Waals surface area contributed by atoms with E-state index in [9.17, 15) is 14.4 Å². The summed E-state index contributed by atoms with van der Waals surface area (Å²) in [4.78, 5) is 38.0. The molecule has 36 heavy (non-hydrogen) atoms. The molecule has 0 unspecified atom stereocenters. The van der Waals surface area contributed by atoms with Gasteiger partial charge >= 0.3 is 5.97 Å². The summed E-state index contributed by atoms with van der Waals surface area (Å²) in [7, 11) is 2.97. The van der Waals surface area contributed by atoms with Crippen LogP contribution in [0, 0.1) is 0 Å². The summed E-state index contributed by atoms with van der Waals surface area (Å²) in [5.41, 5.74) is 0.861. The highest BCUT2D eigenvalue weighted by Gasteiger charge is 2.34. The van der Waals surface area contributed by atoms with Gasteiger partial charge in [-0.15, -0.1) is 0 Å². The summed E-state index contributed by atoms with van der Waals surface area (Å²) in [6.07, 6.45) is 1.42. The molecule has 2 amide bonds. The molecule has 1 aliphatic rings. The van der Waals surface area contributed by atoms with Crippen molar-refractivity contribution in [3.05, 3.63) is 77.3 Å². The van der Waals surface area contributed by atoms with E-state index < -0.39 is 17.8 Å². The van der Waals surface area contributed by atoms with E-state index in [0.29, 0.717) is 34.3 Å². The molecule has 1 saturated heterocycles. The molecular weight excluding hydrogens is 488 g/mol. The van der Waals surface area contributed by atoms with Gasteiger partial charge in [-0.25, -0.2) is 4.79 Å². The number of furan rings is 1. The fourth-order valence-corrected chi connectivity index (χ4v) is 3.68. The van der Waals surface area contributed by atoms with Gasteiger partial charge < -0.3 is 23.7 Å². The van der Waals surface area contributed by atoms with Gasteiger partial charge in [0, 0.05) is 0 Å². The number of carboxylic acid groups (broad SMARTS) is 1. The number of methoxy groups -OCH3 is 2. The van der Waals surface area contributed by atoms with Crippen LogP contribution in [0.25, 0.3) is 6.08 Å². The number of carboxylic acids is 1. The van der Waals surface area contributed by atoms with Crippen LogP contribution >= 0.6 is 12.2 Å². The summed E-state index contributed by atoms with van der Waals surface area (Å²) < 4.78 is 21.4. The van der Waals surface area contributed by atoms with Gasteiger partial charge in [0.05, 0.1) is 19.9 Å². The van der Waals surface area contributed by atoms with Crippen LogP contribution in [0.5, 0.6) is 17.2 Å². The first-order valence-electron chi connectivity index (χ1n) is 10.5. The van der Waals surface area contributed by atoms with Crippen molar-refractivity contribution >= 4 is 46.9 Å². The number of hydrogen-bond donors (Lipinski definition) is 2. The van der Waals surface area contributed by atoms with Crippen molar-refractivity contribution in [1.29, 1.82) is 0 Å². The van der Waals surface area contributed by atoms with E-state index in [-0.39, 0.29) is 23.1 Å². The van der Waals surface area contributed by atoms with Crippen LogP contribution in [-0.2, 0) is 16.2 Å². The number of amides is 2. The van der Waals surface area contributed by atoms with Crippen molar-refractivity contribution in [1.82, 2.24) is 5.32 Å². The zero-order chi connectivity index (χ0) is 25.8. The molecule has 0 bridgehead atoms. The summed E-state index contributed by atoms with van der Waals surface area (Å²) in [6, 6.07) is 14.3. The highest BCUT2D eigenvalue weighted by molar-refractivity contribution is 7.80. The predicted octanol–water partition coefficient (Wildman–Crippen LogP) is 3.41. The number of carbonyl (C=O) groups excluding carboxylic acids is 2. The van der Waals surface area contributed by atoms with Crippen LogP contribution in [0.2, 0.25) is 0 Å². The van der Waals surface area contributed by atoms with E-state index in [4.69, 9.17) is 36.0 Å². The molecule has 4 rings (SSSR count). The summed E-state index contributed by atoms with van der Waals surface area (Å²) in [5.74, 6) is -0.960. The third kappa shape index (κ3) is 5.05. The van der Waals surface area contributed by atoms with Crippen LogP contribution in [0.4, 0.5) is 5.69 Å². The molecule has 2 N–H and O–H groups in total. The number of ether oxygens (including phenoxy) is 3. The first-order chi connectivity index (χ1) is 17.3. The maximum atomic E-state index is 13.2. The standard InChI is InChI=1S/C25H20N2O8S/c1-32-16-6-4-15(5-7-16)27-23(29)18(22(28)26-25(27)36)11-14-3-9-19(21(12-14)33-2)34-13-17-8-10-20(35-17)24(30)31/h3-12H,13H2,1-2H3,(H,30,31)(H,26,28,36)/b18-11+. The molecule has 0 atom stereocenters. The highest BCUT2D eigenvalue weighted by atomic mass is 32.1. The van der Waals surface area contributed by atoms with Crippen molar-refractivity contribution < 1.29 is 38.1 Å². The minimum atomic E-state index is -1.18. The molecule has 0 saturated carbocycles. The lowest BCUT2D eigenvalue weighted by atomic mass is 10.1. The Morgan fingerprint density at radius 2 is 1.81 bits per heavy atom. The Morgan fingerprint density at radius 1 is 1.06 bits per heavy atom. The lowest BCUT2D eigenvalue weighted by Crippen LogP contribution is -2.54. The zero-order valence-corrected chi connectivity index (χ0v) is 20.0. The highest BCUT2D eigenvalue weighted by Crippen LogP contribution is 2.31. The Labute approximate surface area is 210 Å². The molecule has 0 radical (unpaired) electrons. The molecule has 1 aliphatic heterocycles. The molecule has 3 aromatic rings. The van der Waals surface area contributed by atoms with Crippen LogP contribution < -0.4 is 24.4 Å². The SMILES string of the molecule is COc1ccc(N2C(=O)/C(=C/c3ccc(OCc4ccc(C(=O)O)o4)c(OC)c3)C(=O)NC2=S)cc1. The molecule has 1 fully saturated rings. The number of anilines is 1. The van der Waals surface area contributed by atoms with Crippen molar-refractivity contribution in [3.8, 4) is 17.2 Å². The molecular formula is C25H20N2O8S. The molecule has 2 aromatic carbocycles. The lowest BCUT2D eigenvalue weighted by Gasteiger charge is -2.29. The maximum absolute atomic E-state index is 13.2. The summed E-state index contributed by atoms with van der Waals surface area (Å²) >= 11 is 5.22. The van der Waals surface area contributed by atoms with Gasteiger partial charge in [0.2, 0.25) is 5.76 Å². The second-order valence-corrected chi connectivity index (χ2v) is 7.81. The minimum Gasteiger partial charge on any atom is -0.497 e. The van der Waals surface area contributed by atoms with Gasteiger partial charge in [0.25, 0.3) is 11.8 Å². The Bertz CT molecular complexity index is 1380. The third-order valence-corrected chi connectivity index (χ3v) is 5.46. The smallest absolute Gasteiger partial charge is 0.371 e. The number of rotatable bonds is 8. The van der Waals surface area contributed by atoms with Crippen molar-refractivity contribution in [2.45, 2.75) is 6.61 Å². The number of carbonyl (C=O) groups is 3. The third-order valence-electron chi connectivity index (χ3n) is 5.17. The van der Waals surface area contributed by atoms with Crippen LogP contribution in [0.1, 0.15) is 21.9 Å². The van der Waals surface area contributed by atoms with Crippen LogP contribution in [-0.4, -0.2) is 42.2 Å². The van der Waals surface area contributed by atoms with E-state index in [0.717, 1.165) is 0 Å². The molecule has 0 spiro atoms. The van der Waals surface area contributed by atoms with Gasteiger partial charge in [-0.3, -0.25) is 19.8 Å². The van der Waals surface area contributed by atoms with E-state index in [1.165, 1.54) is 37.3 Å². The average molecular weight is 509 g/mol. The number of benzene rings is 2. The van der Waals surface area contributed by atoms with E-state index >= 15 is 0 Å². The number of hydrogen-bond acceptors (Lipinski definition) is 8. The number of thiocarbonyl (C=S) groups is 1. The van der Waals surface area contributed by atoms with Crippen molar-refractivity contribution in [2.75, 3.05) is 19.1 Å². The predicted molar refractivity (Wildman–Crippen MR) is 132 cm³/mol. The molecule has 0 aliphatic carbocycles. The second kappa shape index (κ2) is 10.3. The molecule has 184 valence electrons. The van der Waals surface area contributed by atoms with Crippen LogP contribution in [0.15, 0.2) is 64.6 Å². The van der Waals surface area contributed by atoms with Crippen molar-refractivity contribution in [2.24, 2.45) is 0 Å². The fraction of sp³-hybridized carbons (Fsp3) is 0.120. The topological polar surface area (TPSA) is 128 Å². The quantitative estimate of drug-likeness (QED) is 0.267. The van der Waals surface area contributed by atoms with Crippen molar-refractivity contribution in [3.63, 3.8) is 0 Å². The van der Waals surface area contributed by atoms with Gasteiger partial charge in [0.15, 0.2) is 16.6 Å². The Kier molecular flexibility index (Phi) is 7.02.